The molecule has 0 saturated heterocycles. The first-order valence-corrected chi connectivity index (χ1v) is 12.7. The molecule has 1 heterocycles. The third kappa shape index (κ3) is 6.00. The minimum absolute atomic E-state index is 0. The van der Waals surface area contributed by atoms with Crippen molar-refractivity contribution in [2.24, 2.45) is 0 Å². The molecule has 226 valence electrons. The van der Waals surface area contributed by atoms with Crippen molar-refractivity contribution in [1.82, 2.24) is 9.97 Å². The number of nitrogen functional groups attached to an aromatic ring is 2. The Morgan fingerprint density at radius 1 is 0.622 bits per heavy atom. The number of halogens is 1. The molecule has 0 fully saturated rings. The van der Waals surface area contributed by atoms with Gasteiger partial charge in [-0.1, -0.05) is 56.0 Å². The van der Waals surface area contributed by atoms with E-state index >= 15 is 0 Å². The van der Waals surface area contributed by atoms with Gasteiger partial charge in [0.15, 0.2) is 35.7 Å². The summed E-state index contributed by atoms with van der Waals surface area (Å²) in [5, 5.41) is 0. The number of carbonyl (C=O) groups is 6. The molecule has 0 bridgehead atoms. The van der Waals surface area contributed by atoms with Crippen LogP contribution in [0.15, 0.2) is 85.2 Å². The minimum Gasteiger partial charge on any atom is -0.397 e. The van der Waals surface area contributed by atoms with Crippen molar-refractivity contribution in [2.45, 2.75) is 7.43 Å². The number of nitrogens with zero attached hydrogens (tertiary/aromatic N) is 2. The lowest BCUT2D eigenvalue weighted by Crippen LogP contribution is -2.22. The molecule has 0 amide bonds. The predicted molar refractivity (Wildman–Crippen MR) is 167 cm³/mol. The zero-order valence-electron chi connectivity index (χ0n) is 23.8. The molecule has 10 nitrogen and oxygen atoms in total. The average Bonchev–Trinajstić information content (AvgIpc) is 3.07. The Labute approximate surface area is 258 Å². The van der Waals surface area contributed by atoms with E-state index in [4.69, 9.17) is 22.4 Å². The van der Waals surface area contributed by atoms with E-state index in [2.05, 4.69) is 9.97 Å². The Hall–Kier alpha value is -6.23. The second-order valence-electron chi connectivity index (χ2n) is 9.08. The Bertz CT molecular complexity index is 2010. The molecule has 2 aliphatic carbocycles. The largest absolute Gasteiger partial charge is 0.397 e. The lowest BCUT2D eigenvalue weighted by Gasteiger charge is -2.19. The SMILES string of the molecule is C.Nc1ccc2c(c1N)C(=O)c1ccccc1C2=O.O=C1c2ccccc2C(=O)c2c1ccc1nccnc21.O=CC=O.[2H]CF. The van der Waals surface area contributed by atoms with Crippen molar-refractivity contribution in [2.75, 3.05) is 18.6 Å². The van der Waals surface area contributed by atoms with Crippen LogP contribution in [-0.4, -0.2) is 52.8 Å². The maximum absolute atomic E-state index is 12.6. The summed E-state index contributed by atoms with van der Waals surface area (Å²) in [6.07, 6.45) is 3.48. The normalized spacial score (nSPS) is 12.0. The number of fused-ring (bicyclic) bond motifs is 6. The molecule has 2 aliphatic rings. The Kier molecular flexibility index (Phi) is 10.1. The van der Waals surface area contributed by atoms with Crippen LogP contribution < -0.4 is 11.5 Å². The van der Waals surface area contributed by atoms with E-state index in [1.54, 1.807) is 79.0 Å². The summed E-state index contributed by atoms with van der Waals surface area (Å²) in [5.74, 6) is -0.735. The Morgan fingerprint density at radius 2 is 1.04 bits per heavy atom. The molecule has 0 unspecified atom stereocenters. The molecule has 4 N–H and O–H groups in total. The van der Waals surface area contributed by atoms with Crippen molar-refractivity contribution in [3.63, 3.8) is 0 Å². The Morgan fingerprint density at radius 3 is 1.56 bits per heavy atom. The number of aromatic nitrogens is 2. The van der Waals surface area contributed by atoms with Crippen molar-refractivity contribution < 1.29 is 34.5 Å². The number of benzene rings is 4. The summed E-state index contributed by atoms with van der Waals surface area (Å²) in [6, 6.07) is 20.1. The quantitative estimate of drug-likeness (QED) is 0.152. The van der Waals surface area contributed by atoms with E-state index in [1.807, 2.05) is 0 Å². The van der Waals surface area contributed by atoms with E-state index < -0.39 is 7.15 Å². The van der Waals surface area contributed by atoms with Crippen LogP contribution >= 0.6 is 0 Å². The van der Waals surface area contributed by atoms with Crippen LogP contribution in [0.25, 0.3) is 11.0 Å². The van der Waals surface area contributed by atoms with Gasteiger partial charge in [-0.2, -0.15) is 0 Å². The zero-order valence-corrected chi connectivity index (χ0v) is 22.8. The van der Waals surface area contributed by atoms with E-state index in [0.717, 1.165) is 0 Å². The van der Waals surface area contributed by atoms with Gasteiger partial charge in [-0.25, -0.2) is 0 Å². The van der Waals surface area contributed by atoms with Gasteiger partial charge in [0.2, 0.25) is 0 Å². The van der Waals surface area contributed by atoms with Gasteiger partial charge in [-0.15, -0.1) is 0 Å². The van der Waals surface area contributed by atoms with Crippen molar-refractivity contribution in [1.29, 1.82) is 0 Å². The lowest BCUT2D eigenvalue weighted by atomic mass is 9.83. The van der Waals surface area contributed by atoms with Crippen LogP contribution in [0.1, 0.15) is 72.5 Å². The fourth-order valence-electron chi connectivity index (χ4n) is 4.84. The molecule has 0 spiro atoms. The van der Waals surface area contributed by atoms with Gasteiger partial charge in [0.1, 0.15) is 5.52 Å². The monoisotopic (exact) mass is 607 g/mol. The number of anilines is 2. The van der Waals surface area contributed by atoms with Crippen molar-refractivity contribution >= 4 is 58.1 Å². The molecule has 5 aromatic rings. The first kappa shape index (κ1) is 31.7. The maximum atomic E-state index is 12.6. The molecule has 11 heteroatoms. The highest BCUT2D eigenvalue weighted by Gasteiger charge is 2.32. The summed E-state index contributed by atoms with van der Waals surface area (Å²) < 4.78 is 15.5. The third-order valence-corrected chi connectivity index (χ3v) is 6.75. The molecule has 7 rings (SSSR count). The number of nitrogens with two attached hydrogens (primary N) is 2. The minimum atomic E-state index is -1.00. The van der Waals surface area contributed by atoms with E-state index in [1.165, 1.54) is 6.20 Å². The highest BCUT2D eigenvalue weighted by atomic mass is 19.1. The topological polar surface area (TPSA) is 180 Å². The number of carbonyl (C=O) groups excluding carboxylic acids is 6. The summed E-state index contributed by atoms with van der Waals surface area (Å²) in [6.45, 7) is 0. The van der Waals surface area contributed by atoms with E-state index in [-0.39, 0.29) is 54.4 Å². The van der Waals surface area contributed by atoms with Gasteiger partial charge < -0.3 is 11.5 Å². The first-order chi connectivity index (χ1) is 21.7. The predicted octanol–water partition coefficient (Wildman–Crippen LogP) is 4.64. The second-order valence-corrected chi connectivity index (χ2v) is 9.08. The van der Waals surface area contributed by atoms with Gasteiger partial charge in [0.05, 0.1) is 36.5 Å². The standard InChI is InChI=1S/C16H8N2O2.C14H10N2O2.C2H2O2.CH3F.CH4/c19-15-9-3-1-2-4-10(9)16(20)13-11(15)5-6-12-14(13)18-8-7-17-12;15-10-6-5-9-11(12(10)16)14(18)8-4-2-1-3-7(8)13(9)17;3-1-2-4;1-2;/h1-8H;1-6H,15-16H2;1-2H;1H3;1H4/i;;;1D;. The van der Waals surface area contributed by atoms with Crippen LogP contribution in [0.4, 0.5) is 15.8 Å². The first-order valence-electron chi connectivity index (χ1n) is 13.4. The van der Waals surface area contributed by atoms with Crippen LogP contribution in [0.3, 0.4) is 0 Å². The van der Waals surface area contributed by atoms with Gasteiger partial charge in [0, 0.05) is 45.8 Å². The molecule has 1 aromatic heterocycles. The molecular weight excluding hydrogens is 579 g/mol. The molecular formula is C34H27FN4O6. The molecule has 0 atom stereocenters. The number of rotatable bonds is 1. The lowest BCUT2D eigenvalue weighted by molar-refractivity contribution is -0.122. The fourth-order valence-corrected chi connectivity index (χ4v) is 4.84. The van der Waals surface area contributed by atoms with E-state index in [0.29, 0.717) is 55.7 Å². The van der Waals surface area contributed by atoms with Gasteiger partial charge in [-0.3, -0.25) is 43.1 Å². The second kappa shape index (κ2) is 14.3. The highest BCUT2D eigenvalue weighted by molar-refractivity contribution is 6.32. The smallest absolute Gasteiger partial charge is 0.196 e. The van der Waals surface area contributed by atoms with Crippen LogP contribution in [0.5, 0.6) is 0 Å². The van der Waals surface area contributed by atoms with Crippen LogP contribution in [0.2, 0.25) is 0 Å². The molecule has 0 saturated carbocycles. The van der Waals surface area contributed by atoms with Crippen LogP contribution in [-0.2, 0) is 9.59 Å². The molecule has 4 aromatic carbocycles. The number of alkyl halides is 1. The molecule has 45 heavy (non-hydrogen) atoms. The van der Waals surface area contributed by atoms with E-state index in [9.17, 15) is 23.6 Å². The van der Waals surface area contributed by atoms with Crippen molar-refractivity contribution in [3.8, 4) is 0 Å². The number of aldehydes is 2. The molecule has 0 aliphatic heterocycles. The highest BCUT2D eigenvalue weighted by Crippen LogP contribution is 2.33. The third-order valence-electron chi connectivity index (χ3n) is 6.75. The fraction of sp³-hybridized carbons (Fsp3) is 0.0588. The average molecular weight is 608 g/mol. The van der Waals surface area contributed by atoms with Gasteiger partial charge in [0.25, 0.3) is 0 Å². The molecule has 0 radical (unpaired) electrons. The summed E-state index contributed by atoms with van der Waals surface area (Å²) in [7, 11) is -1.00. The van der Waals surface area contributed by atoms with Crippen LogP contribution in [0, 0.1) is 0 Å². The maximum Gasteiger partial charge on any atom is 0.196 e. The number of hydrogen-bond donors (Lipinski definition) is 2. The number of ketones is 4. The Balaban J connectivity index is 0.000000206. The summed E-state index contributed by atoms with van der Waals surface area (Å²) in [5.41, 5.74) is 16.1. The number of hydrogen-bond acceptors (Lipinski definition) is 10. The summed E-state index contributed by atoms with van der Waals surface area (Å²) in [4.78, 5) is 75.8. The van der Waals surface area contributed by atoms with Gasteiger partial charge >= 0.3 is 0 Å². The van der Waals surface area contributed by atoms with Gasteiger partial charge in [-0.05, 0) is 24.3 Å². The van der Waals surface area contributed by atoms with Crippen molar-refractivity contribution in [3.05, 3.63) is 130 Å². The zero-order chi connectivity index (χ0) is 32.7. The summed E-state index contributed by atoms with van der Waals surface area (Å²) >= 11 is 0.